The van der Waals surface area contributed by atoms with Crippen molar-refractivity contribution >= 4 is 35.0 Å². The molecule has 4 aromatic rings. The van der Waals surface area contributed by atoms with Gasteiger partial charge in [0.05, 0.1) is 45.2 Å². The molecule has 0 saturated heterocycles. The van der Waals surface area contributed by atoms with Gasteiger partial charge in [0.25, 0.3) is 11.8 Å². The van der Waals surface area contributed by atoms with Crippen LogP contribution in [0.5, 0.6) is 17.2 Å². The largest absolute Gasteiger partial charge is 1.00 e. The number of benzene rings is 4. The first-order chi connectivity index (χ1) is 18.5. The molecule has 0 atom stereocenters. The van der Waals surface area contributed by atoms with Crippen molar-refractivity contribution in [2.75, 3.05) is 34.0 Å². The molecule has 0 saturated carbocycles. The lowest BCUT2D eigenvalue weighted by molar-refractivity contribution is -0.0000326. The SMILES string of the molecule is COc1ccc([P+](CCN2C(=O)c3ccccc3C2=O)(c2ccc(OC)cc2)c2ccc(OC)cc2)cc1.O.[Br-]. The van der Waals surface area contributed by atoms with Crippen LogP contribution in [0, 0.1) is 0 Å². The molecule has 2 amide bonds. The van der Waals surface area contributed by atoms with Crippen LogP contribution in [0.2, 0.25) is 0 Å². The Hall–Kier alpha value is -3.71. The highest BCUT2D eigenvalue weighted by Gasteiger charge is 2.47. The Morgan fingerprint density at radius 1 is 0.575 bits per heavy atom. The van der Waals surface area contributed by atoms with Gasteiger partial charge in [-0.15, -0.1) is 0 Å². The molecule has 0 radical (unpaired) electrons. The number of nitrogens with zero attached hydrogens (tertiary/aromatic N) is 1. The minimum atomic E-state index is -2.36. The molecule has 0 unspecified atom stereocenters. The zero-order valence-corrected chi connectivity index (χ0v) is 24.9. The normalized spacial score (nSPS) is 12.2. The summed E-state index contributed by atoms with van der Waals surface area (Å²) in [5.74, 6) is 1.79. The lowest BCUT2D eigenvalue weighted by Crippen LogP contribution is -3.00. The van der Waals surface area contributed by atoms with Gasteiger partial charge in [-0.1, -0.05) is 12.1 Å². The van der Waals surface area contributed by atoms with Crippen LogP contribution in [0.3, 0.4) is 0 Å². The lowest BCUT2D eigenvalue weighted by Gasteiger charge is -2.29. The zero-order chi connectivity index (χ0) is 26.7. The van der Waals surface area contributed by atoms with Gasteiger partial charge >= 0.3 is 0 Å². The molecule has 2 N–H and O–H groups in total. The summed E-state index contributed by atoms with van der Waals surface area (Å²) in [6, 6.07) is 31.3. The van der Waals surface area contributed by atoms with Crippen LogP contribution in [-0.2, 0) is 0 Å². The maximum absolute atomic E-state index is 13.3. The van der Waals surface area contributed by atoms with E-state index in [0.29, 0.717) is 17.3 Å². The number of imide groups is 1. The van der Waals surface area contributed by atoms with E-state index in [-0.39, 0.29) is 40.8 Å². The summed E-state index contributed by atoms with van der Waals surface area (Å²) in [6.07, 6.45) is 0.573. The summed E-state index contributed by atoms with van der Waals surface area (Å²) < 4.78 is 16.3. The van der Waals surface area contributed by atoms with E-state index in [1.165, 1.54) is 4.90 Å². The molecular formula is C31H31BrNO6P. The Morgan fingerprint density at radius 2 is 0.900 bits per heavy atom. The number of hydrogen-bond acceptors (Lipinski definition) is 5. The average Bonchev–Trinajstić information content (AvgIpc) is 3.23. The van der Waals surface area contributed by atoms with Crippen LogP contribution >= 0.6 is 7.26 Å². The van der Waals surface area contributed by atoms with Gasteiger partial charge in [0.15, 0.2) is 0 Å². The molecule has 0 bridgehead atoms. The van der Waals surface area contributed by atoms with Crippen molar-refractivity contribution < 1.29 is 46.3 Å². The highest BCUT2D eigenvalue weighted by Crippen LogP contribution is 2.56. The van der Waals surface area contributed by atoms with Crippen LogP contribution in [0.4, 0.5) is 0 Å². The van der Waals surface area contributed by atoms with E-state index in [0.717, 1.165) is 33.2 Å². The number of carbonyl (C=O) groups excluding carboxylic acids is 2. The highest BCUT2D eigenvalue weighted by atomic mass is 79.9. The number of amides is 2. The number of methoxy groups -OCH3 is 3. The van der Waals surface area contributed by atoms with Gasteiger partial charge in [-0.2, -0.15) is 0 Å². The van der Waals surface area contributed by atoms with Gasteiger partial charge in [-0.25, -0.2) is 0 Å². The van der Waals surface area contributed by atoms with Crippen LogP contribution in [0.25, 0.3) is 0 Å². The van der Waals surface area contributed by atoms with E-state index in [4.69, 9.17) is 14.2 Å². The van der Waals surface area contributed by atoms with Crippen molar-refractivity contribution in [1.29, 1.82) is 0 Å². The second-order valence-corrected chi connectivity index (χ2v) is 12.6. The Labute approximate surface area is 245 Å². The molecule has 1 aliphatic heterocycles. The van der Waals surface area contributed by atoms with E-state index in [1.54, 1.807) is 45.6 Å². The first-order valence-corrected chi connectivity index (χ1v) is 14.3. The molecule has 1 heterocycles. The Balaban J connectivity index is 0.00000220. The molecular weight excluding hydrogens is 593 g/mol. The van der Waals surface area contributed by atoms with Crippen molar-refractivity contribution in [2.24, 2.45) is 0 Å². The smallest absolute Gasteiger partial charge is 0.261 e. The van der Waals surface area contributed by atoms with Gasteiger partial charge in [0, 0.05) is 0 Å². The fourth-order valence-electron chi connectivity index (χ4n) is 5.04. The first-order valence-electron chi connectivity index (χ1n) is 12.3. The van der Waals surface area contributed by atoms with Crippen LogP contribution in [0.1, 0.15) is 20.7 Å². The molecule has 0 aliphatic carbocycles. The van der Waals surface area contributed by atoms with Gasteiger partial charge in [0.2, 0.25) is 0 Å². The monoisotopic (exact) mass is 623 g/mol. The highest BCUT2D eigenvalue weighted by molar-refractivity contribution is 7.95. The minimum absolute atomic E-state index is 0. The third kappa shape index (κ3) is 5.48. The van der Waals surface area contributed by atoms with E-state index < -0.39 is 7.26 Å². The van der Waals surface area contributed by atoms with Crippen molar-refractivity contribution in [1.82, 2.24) is 4.90 Å². The summed E-state index contributed by atoms with van der Waals surface area (Å²) in [4.78, 5) is 27.9. The quantitative estimate of drug-likeness (QED) is 0.200. The summed E-state index contributed by atoms with van der Waals surface area (Å²) >= 11 is 0. The fraction of sp³-hybridized carbons (Fsp3) is 0.161. The topological polar surface area (TPSA) is 96.6 Å². The minimum Gasteiger partial charge on any atom is -1.00 e. The Bertz CT molecular complexity index is 1310. The molecule has 0 spiro atoms. The van der Waals surface area contributed by atoms with E-state index >= 15 is 0 Å². The molecule has 5 rings (SSSR count). The van der Waals surface area contributed by atoms with Gasteiger partial charge in [-0.3, -0.25) is 14.5 Å². The predicted molar refractivity (Wildman–Crippen MR) is 155 cm³/mol. The summed E-state index contributed by atoms with van der Waals surface area (Å²) in [5.41, 5.74) is 0.916. The standard InChI is InChI=1S/C31H29NO5P.BrH.H2O/c1-35-22-8-14-25(15-9-22)38(26-16-10-23(36-2)11-17-26,27-18-12-24(37-3)13-19-27)21-20-32-30(33)28-6-4-5-7-29(28)31(32)34;;/h4-19H,20-21H2,1-3H3;1H;1H2/q+1;;/p-1. The van der Waals surface area contributed by atoms with Crippen molar-refractivity contribution in [3.05, 3.63) is 108 Å². The second kappa shape index (κ2) is 13.1. The third-order valence-corrected chi connectivity index (χ3v) is 11.5. The molecule has 9 heteroatoms. The second-order valence-electron chi connectivity index (χ2n) is 8.93. The van der Waals surface area contributed by atoms with Crippen molar-refractivity contribution in [2.45, 2.75) is 0 Å². The summed E-state index contributed by atoms with van der Waals surface area (Å²) in [6.45, 7) is 0.282. The summed E-state index contributed by atoms with van der Waals surface area (Å²) in [5, 5.41) is 3.35. The summed E-state index contributed by atoms with van der Waals surface area (Å²) in [7, 11) is 2.58. The predicted octanol–water partition coefficient (Wildman–Crippen LogP) is 0.482. The van der Waals surface area contributed by atoms with Gasteiger partial charge < -0.3 is 36.7 Å². The molecule has 40 heavy (non-hydrogen) atoms. The maximum atomic E-state index is 13.3. The molecule has 1 aliphatic rings. The lowest BCUT2D eigenvalue weighted by atomic mass is 10.1. The molecule has 208 valence electrons. The number of hydrogen-bond donors (Lipinski definition) is 0. The maximum Gasteiger partial charge on any atom is 0.261 e. The van der Waals surface area contributed by atoms with E-state index in [9.17, 15) is 9.59 Å². The molecule has 7 nitrogen and oxygen atoms in total. The van der Waals surface area contributed by atoms with E-state index in [2.05, 4.69) is 36.4 Å². The first kappa shape index (κ1) is 30.8. The molecule has 4 aromatic carbocycles. The molecule has 0 fully saturated rings. The number of carbonyl (C=O) groups is 2. The average molecular weight is 624 g/mol. The zero-order valence-electron chi connectivity index (χ0n) is 22.5. The third-order valence-electron chi connectivity index (χ3n) is 7.08. The number of halogens is 1. The fourth-order valence-corrected chi connectivity index (χ4v) is 9.18. The Morgan fingerprint density at radius 3 is 1.20 bits per heavy atom. The molecule has 0 aromatic heterocycles. The van der Waals surface area contributed by atoms with E-state index in [1.807, 2.05) is 36.4 Å². The number of fused-ring (bicyclic) bond motifs is 1. The van der Waals surface area contributed by atoms with Crippen LogP contribution in [-0.4, -0.2) is 56.2 Å². The van der Waals surface area contributed by atoms with Crippen molar-refractivity contribution in [3.8, 4) is 17.2 Å². The van der Waals surface area contributed by atoms with Crippen molar-refractivity contribution in [3.63, 3.8) is 0 Å². The van der Waals surface area contributed by atoms with Gasteiger partial charge in [0.1, 0.15) is 40.4 Å². The number of rotatable bonds is 9. The number of ether oxygens (including phenoxy) is 3. The Kier molecular flexibility index (Phi) is 10.1. The van der Waals surface area contributed by atoms with Crippen LogP contribution < -0.4 is 47.1 Å². The van der Waals surface area contributed by atoms with Gasteiger partial charge in [-0.05, 0) is 84.9 Å². The van der Waals surface area contributed by atoms with Crippen LogP contribution in [0.15, 0.2) is 97.1 Å².